The average molecular weight is 353 g/mol. The summed E-state index contributed by atoms with van der Waals surface area (Å²) >= 11 is 0. The summed E-state index contributed by atoms with van der Waals surface area (Å²) in [5, 5.41) is 0. The lowest BCUT2D eigenvalue weighted by Crippen LogP contribution is -2.08. The first kappa shape index (κ1) is 25.0. The molecule has 25 heavy (non-hydrogen) atoms. The van der Waals surface area contributed by atoms with Crippen LogP contribution < -0.4 is 0 Å². The van der Waals surface area contributed by atoms with Gasteiger partial charge in [0.2, 0.25) is 0 Å². The van der Waals surface area contributed by atoms with Gasteiger partial charge in [0, 0.05) is 0 Å². The molecular weight excluding hydrogens is 300 g/mol. The largest absolute Gasteiger partial charge is 0.0654 e. The van der Waals surface area contributed by atoms with Crippen LogP contribution in [0, 0.1) is 17.8 Å². The number of rotatable bonds is 19. The van der Waals surface area contributed by atoms with E-state index in [2.05, 4.69) is 34.6 Å². The fourth-order valence-electron chi connectivity index (χ4n) is 3.86. The highest BCUT2D eigenvalue weighted by atomic mass is 14.2. The fourth-order valence-corrected chi connectivity index (χ4v) is 3.86. The highest BCUT2D eigenvalue weighted by Gasteiger charge is 2.11. The molecule has 0 saturated carbocycles. The predicted molar refractivity (Wildman–Crippen MR) is 117 cm³/mol. The van der Waals surface area contributed by atoms with Crippen molar-refractivity contribution >= 4 is 0 Å². The summed E-state index contributed by atoms with van der Waals surface area (Å²) in [7, 11) is 0. The highest BCUT2D eigenvalue weighted by Crippen LogP contribution is 2.24. The van der Waals surface area contributed by atoms with Gasteiger partial charge in [-0.2, -0.15) is 0 Å². The van der Waals surface area contributed by atoms with E-state index in [0.29, 0.717) is 0 Å². The van der Waals surface area contributed by atoms with Gasteiger partial charge in [-0.1, -0.05) is 144 Å². The second kappa shape index (κ2) is 18.8. The molecular formula is C25H52. The monoisotopic (exact) mass is 352 g/mol. The Balaban J connectivity index is 3.25. The lowest BCUT2D eigenvalue weighted by Gasteiger charge is -2.19. The van der Waals surface area contributed by atoms with Crippen molar-refractivity contribution in [3.8, 4) is 0 Å². The van der Waals surface area contributed by atoms with Gasteiger partial charge in [-0.15, -0.1) is 0 Å². The van der Waals surface area contributed by atoms with Gasteiger partial charge in [-0.25, -0.2) is 0 Å². The molecule has 0 aliphatic rings. The molecule has 3 unspecified atom stereocenters. The van der Waals surface area contributed by atoms with Crippen molar-refractivity contribution in [3.63, 3.8) is 0 Å². The van der Waals surface area contributed by atoms with Gasteiger partial charge in [0.25, 0.3) is 0 Å². The molecule has 0 spiro atoms. The first-order chi connectivity index (χ1) is 12.1. The molecule has 0 saturated heterocycles. The van der Waals surface area contributed by atoms with Crippen LogP contribution in [0.1, 0.15) is 144 Å². The molecule has 0 heterocycles. The summed E-state index contributed by atoms with van der Waals surface area (Å²) in [5.41, 5.74) is 0. The van der Waals surface area contributed by atoms with Crippen LogP contribution in [0.15, 0.2) is 0 Å². The zero-order valence-corrected chi connectivity index (χ0v) is 18.8. The maximum atomic E-state index is 2.48. The fraction of sp³-hybridized carbons (Fsp3) is 1.00. The molecule has 0 rings (SSSR count). The third-order valence-electron chi connectivity index (χ3n) is 6.54. The molecule has 0 N–H and O–H groups in total. The summed E-state index contributed by atoms with van der Waals surface area (Å²) in [6.45, 7) is 12.0. The van der Waals surface area contributed by atoms with Crippen LogP contribution in [-0.4, -0.2) is 0 Å². The Labute approximate surface area is 161 Å². The Kier molecular flexibility index (Phi) is 18.8. The second-order valence-electron chi connectivity index (χ2n) is 9.08. The third-order valence-corrected chi connectivity index (χ3v) is 6.54. The normalized spacial score (nSPS) is 15.2. The molecule has 0 aliphatic carbocycles. The van der Waals surface area contributed by atoms with Gasteiger partial charge in [-0.05, 0) is 17.8 Å². The molecule has 152 valence electrons. The van der Waals surface area contributed by atoms with Crippen LogP contribution in [0.3, 0.4) is 0 Å². The zero-order chi connectivity index (χ0) is 18.8. The van der Waals surface area contributed by atoms with E-state index < -0.39 is 0 Å². The number of hydrogen-bond donors (Lipinski definition) is 0. The molecule has 0 aromatic carbocycles. The van der Waals surface area contributed by atoms with E-state index in [1.165, 1.54) is 109 Å². The average Bonchev–Trinajstić information content (AvgIpc) is 2.62. The van der Waals surface area contributed by atoms with Crippen molar-refractivity contribution in [2.75, 3.05) is 0 Å². The van der Waals surface area contributed by atoms with E-state index in [9.17, 15) is 0 Å². The predicted octanol–water partition coefficient (Wildman–Crippen LogP) is 9.57. The van der Waals surface area contributed by atoms with Crippen LogP contribution in [0.25, 0.3) is 0 Å². The van der Waals surface area contributed by atoms with Gasteiger partial charge in [0.05, 0.1) is 0 Å². The Bertz CT molecular complexity index is 244. The topological polar surface area (TPSA) is 0 Å². The smallest absolute Gasteiger partial charge is 0.0417 e. The molecule has 0 fully saturated rings. The third kappa shape index (κ3) is 17.2. The van der Waals surface area contributed by atoms with E-state index in [-0.39, 0.29) is 0 Å². The van der Waals surface area contributed by atoms with Crippen molar-refractivity contribution in [3.05, 3.63) is 0 Å². The van der Waals surface area contributed by atoms with Crippen LogP contribution >= 0.6 is 0 Å². The summed E-state index contributed by atoms with van der Waals surface area (Å²) in [4.78, 5) is 0. The molecule has 3 atom stereocenters. The summed E-state index contributed by atoms with van der Waals surface area (Å²) in [6.07, 6.45) is 24.7. The van der Waals surface area contributed by atoms with Crippen molar-refractivity contribution in [1.29, 1.82) is 0 Å². The van der Waals surface area contributed by atoms with Gasteiger partial charge in [0.1, 0.15) is 0 Å². The molecule has 0 aromatic rings. The Morgan fingerprint density at radius 1 is 0.440 bits per heavy atom. The zero-order valence-electron chi connectivity index (χ0n) is 18.8. The van der Waals surface area contributed by atoms with Gasteiger partial charge < -0.3 is 0 Å². The van der Waals surface area contributed by atoms with Crippen LogP contribution in [0.5, 0.6) is 0 Å². The van der Waals surface area contributed by atoms with E-state index in [0.717, 1.165) is 17.8 Å². The number of unbranched alkanes of at least 4 members (excludes halogenated alkanes) is 11. The Morgan fingerprint density at radius 2 is 0.800 bits per heavy atom. The summed E-state index contributed by atoms with van der Waals surface area (Å²) < 4.78 is 0. The Morgan fingerprint density at radius 3 is 1.20 bits per heavy atom. The first-order valence-corrected chi connectivity index (χ1v) is 12.1. The SMILES string of the molecule is CCCCCC(C)C(C)CCCCCCCCCCCCC(C)CC. The molecule has 0 nitrogen and oxygen atoms in total. The molecule has 0 radical (unpaired) electrons. The van der Waals surface area contributed by atoms with Crippen molar-refractivity contribution in [2.45, 2.75) is 144 Å². The minimum Gasteiger partial charge on any atom is -0.0654 e. The maximum absolute atomic E-state index is 2.48. The molecule has 0 amide bonds. The van der Waals surface area contributed by atoms with Crippen molar-refractivity contribution < 1.29 is 0 Å². The molecule has 0 bridgehead atoms. The second-order valence-corrected chi connectivity index (χ2v) is 9.08. The van der Waals surface area contributed by atoms with Crippen molar-refractivity contribution in [1.82, 2.24) is 0 Å². The van der Waals surface area contributed by atoms with E-state index in [4.69, 9.17) is 0 Å². The van der Waals surface area contributed by atoms with Crippen LogP contribution in [0.2, 0.25) is 0 Å². The Hall–Kier alpha value is 0. The van der Waals surface area contributed by atoms with Gasteiger partial charge >= 0.3 is 0 Å². The summed E-state index contributed by atoms with van der Waals surface area (Å²) in [5.74, 6) is 2.82. The standard InChI is InChI=1S/C25H52/c1-6-8-17-21-24(4)25(5)22-19-16-14-12-10-9-11-13-15-18-20-23(3)7-2/h23-25H,6-22H2,1-5H3. The first-order valence-electron chi connectivity index (χ1n) is 12.1. The highest BCUT2D eigenvalue weighted by molar-refractivity contribution is 4.63. The van der Waals surface area contributed by atoms with E-state index >= 15 is 0 Å². The maximum Gasteiger partial charge on any atom is -0.0417 e. The van der Waals surface area contributed by atoms with Crippen LogP contribution in [0.4, 0.5) is 0 Å². The van der Waals surface area contributed by atoms with Crippen molar-refractivity contribution in [2.24, 2.45) is 17.8 Å². The number of hydrogen-bond acceptors (Lipinski definition) is 0. The van der Waals surface area contributed by atoms with E-state index in [1.807, 2.05) is 0 Å². The van der Waals surface area contributed by atoms with Crippen LogP contribution in [-0.2, 0) is 0 Å². The molecule has 0 heteroatoms. The minimum atomic E-state index is 0.937. The van der Waals surface area contributed by atoms with E-state index in [1.54, 1.807) is 0 Å². The molecule has 0 aliphatic heterocycles. The summed E-state index contributed by atoms with van der Waals surface area (Å²) in [6, 6.07) is 0. The lowest BCUT2D eigenvalue weighted by molar-refractivity contribution is 0.323. The van der Waals surface area contributed by atoms with Gasteiger partial charge in [-0.3, -0.25) is 0 Å². The van der Waals surface area contributed by atoms with Gasteiger partial charge in [0.15, 0.2) is 0 Å². The minimum absolute atomic E-state index is 0.937. The quantitative estimate of drug-likeness (QED) is 0.203. The molecule has 0 aromatic heterocycles. The lowest BCUT2D eigenvalue weighted by atomic mass is 9.87.